The van der Waals surface area contributed by atoms with Crippen LogP contribution >= 0.6 is 0 Å². The Hall–Kier alpha value is -2.18. The molecular formula is C11H16N6O. The van der Waals surface area contributed by atoms with Crippen molar-refractivity contribution >= 4 is 5.91 Å². The van der Waals surface area contributed by atoms with Gasteiger partial charge in [0.25, 0.3) is 5.91 Å². The van der Waals surface area contributed by atoms with Crippen molar-refractivity contribution in [1.82, 2.24) is 30.3 Å². The van der Waals surface area contributed by atoms with Gasteiger partial charge in [0.2, 0.25) is 0 Å². The van der Waals surface area contributed by atoms with E-state index in [1.54, 1.807) is 19.4 Å². The van der Waals surface area contributed by atoms with Crippen LogP contribution in [0.5, 0.6) is 0 Å². The van der Waals surface area contributed by atoms with Crippen LogP contribution in [0.4, 0.5) is 0 Å². The van der Waals surface area contributed by atoms with Crippen molar-refractivity contribution in [3.8, 4) is 0 Å². The van der Waals surface area contributed by atoms with Crippen LogP contribution in [-0.2, 0) is 6.54 Å². The quantitative estimate of drug-likeness (QED) is 0.807. The number of hydrogen-bond donors (Lipinski definition) is 2. The van der Waals surface area contributed by atoms with E-state index in [1.165, 1.54) is 0 Å². The topological polar surface area (TPSA) is 88.5 Å². The summed E-state index contributed by atoms with van der Waals surface area (Å²) in [5.74, 6) is -0.201. The molecule has 0 saturated heterocycles. The fraction of sp³-hybridized carbons (Fsp3) is 0.455. The van der Waals surface area contributed by atoms with Crippen LogP contribution < -0.4 is 5.32 Å². The third kappa shape index (κ3) is 2.73. The lowest BCUT2D eigenvalue weighted by Gasteiger charge is -2.16. The molecule has 96 valence electrons. The van der Waals surface area contributed by atoms with Gasteiger partial charge in [0.15, 0.2) is 5.69 Å². The van der Waals surface area contributed by atoms with E-state index in [2.05, 4.69) is 25.7 Å². The first kappa shape index (κ1) is 12.3. The first-order chi connectivity index (χ1) is 8.70. The maximum Gasteiger partial charge on any atom is 0.274 e. The maximum atomic E-state index is 12.0. The molecule has 0 aliphatic heterocycles. The van der Waals surface area contributed by atoms with Crippen LogP contribution in [-0.4, -0.2) is 36.9 Å². The summed E-state index contributed by atoms with van der Waals surface area (Å²) in [4.78, 5) is 15.9. The minimum absolute atomic E-state index is 0.0443. The number of carbonyl (C=O) groups is 1. The van der Waals surface area contributed by atoms with Crippen molar-refractivity contribution in [2.24, 2.45) is 0 Å². The second kappa shape index (κ2) is 5.44. The number of rotatable bonds is 5. The van der Waals surface area contributed by atoms with Crippen LogP contribution in [0.3, 0.4) is 0 Å². The minimum atomic E-state index is -0.201. The van der Waals surface area contributed by atoms with Crippen molar-refractivity contribution < 1.29 is 4.79 Å². The van der Waals surface area contributed by atoms with E-state index in [9.17, 15) is 4.79 Å². The summed E-state index contributed by atoms with van der Waals surface area (Å²) in [6.45, 7) is 4.46. The molecule has 2 aromatic rings. The summed E-state index contributed by atoms with van der Waals surface area (Å²) in [5, 5.41) is 13.0. The third-order valence-corrected chi connectivity index (χ3v) is 2.76. The van der Waals surface area contributed by atoms with Crippen molar-refractivity contribution in [2.45, 2.75) is 32.9 Å². The molecular weight excluding hydrogens is 232 g/mol. The largest absolute Gasteiger partial charge is 0.346 e. The standard InChI is InChI=1S/C11H16N6O/c1-3-9(6-17-5-4-12-7-17)13-11(18)10-8(2)14-16-15-10/h4-5,7,9H,3,6H2,1-2H3,(H,13,18)(H,14,15,16). The Morgan fingerprint density at radius 1 is 1.56 bits per heavy atom. The van der Waals surface area contributed by atoms with Gasteiger partial charge in [-0.2, -0.15) is 15.4 Å². The van der Waals surface area contributed by atoms with Gasteiger partial charge < -0.3 is 9.88 Å². The van der Waals surface area contributed by atoms with Gasteiger partial charge in [-0.05, 0) is 13.3 Å². The normalized spacial score (nSPS) is 12.3. The molecule has 0 aromatic carbocycles. The van der Waals surface area contributed by atoms with Crippen molar-refractivity contribution in [3.05, 3.63) is 30.1 Å². The molecule has 1 unspecified atom stereocenters. The van der Waals surface area contributed by atoms with Crippen LogP contribution in [0.2, 0.25) is 0 Å². The van der Waals surface area contributed by atoms with Gasteiger partial charge in [-0.15, -0.1) is 0 Å². The highest BCUT2D eigenvalue weighted by Gasteiger charge is 2.17. The monoisotopic (exact) mass is 248 g/mol. The molecule has 1 amide bonds. The Labute approximate surface area is 105 Å². The van der Waals surface area contributed by atoms with Gasteiger partial charge in [0.1, 0.15) is 0 Å². The SMILES string of the molecule is CCC(Cn1ccnc1)NC(=O)c1n[nH]nc1C. The summed E-state index contributed by atoms with van der Waals surface area (Å²) in [6.07, 6.45) is 6.16. The number of aromatic amines is 1. The summed E-state index contributed by atoms with van der Waals surface area (Å²) >= 11 is 0. The molecule has 0 fully saturated rings. The molecule has 18 heavy (non-hydrogen) atoms. The summed E-state index contributed by atoms with van der Waals surface area (Å²) in [7, 11) is 0. The van der Waals surface area contributed by atoms with Crippen LogP contribution in [0.25, 0.3) is 0 Å². The van der Waals surface area contributed by atoms with Crippen molar-refractivity contribution in [1.29, 1.82) is 0 Å². The number of aromatic nitrogens is 5. The van der Waals surface area contributed by atoms with E-state index in [-0.39, 0.29) is 11.9 Å². The number of carbonyl (C=O) groups excluding carboxylic acids is 1. The Balaban J connectivity index is 1.98. The van der Waals surface area contributed by atoms with E-state index in [4.69, 9.17) is 0 Å². The number of amides is 1. The Morgan fingerprint density at radius 3 is 2.94 bits per heavy atom. The fourth-order valence-electron chi connectivity index (χ4n) is 1.68. The average Bonchev–Trinajstić information content (AvgIpc) is 2.99. The van der Waals surface area contributed by atoms with Crippen LogP contribution in [0, 0.1) is 6.92 Å². The van der Waals surface area contributed by atoms with E-state index >= 15 is 0 Å². The highest BCUT2D eigenvalue weighted by atomic mass is 16.2. The summed E-state index contributed by atoms with van der Waals surface area (Å²) < 4.78 is 1.93. The van der Waals surface area contributed by atoms with E-state index < -0.39 is 0 Å². The highest BCUT2D eigenvalue weighted by molar-refractivity contribution is 5.93. The number of nitrogens with one attached hydrogen (secondary N) is 2. The smallest absolute Gasteiger partial charge is 0.274 e. The van der Waals surface area contributed by atoms with Gasteiger partial charge in [-0.3, -0.25) is 4.79 Å². The molecule has 7 heteroatoms. The lowest BCUT2D eigenvalue weighted by molar-refractivity contribution is 0.0926. The van der Waals surface area contributed by atoms with Gasteiger partial charge in [-0.25, -0.2) is 4.98 Å². The zero-order chi connectivity index (χ0) is 13.0. The van der Waals surface area contributed by atoms with Gasteiger partial charge in [0.05, 0.1) is 12.0 Å². The first-order valence-corrected chi connectivity index (χ1v) is 5.84. The lowest BCUT2D eigenvalue weighted by Crippen LogP contribution is -2.37. The number of hydrogen-bond acceptors (Lipinski definition) is 4. The zero-order valence-electron chi connectivity index (χ0n) is 10.4. The zero-order valence-corrected chi connectivity index (χ0v) is 10.4. The molecule has 0 bridgehead atoms. The van der Waals surface area contributed by atoms with Gasteiger partial charge >= 0.3 is 0 Å². The van der Waals surface area contributed by atoms with Crippen LogP contribution in [0.15, 0.2) is 18.7 Å². The number of aryl methyl sites for hydroxylation is 1. The molecule has 0 aliphatic carbocycles. The lowest BCUT2D eigenvalue weighted by atomic mass is 10.2. The first-order valence-electron chi connectivity index (χ1n) is 5.84. The van der Waals surface area contributed by atoms with Crippen LogP contribution in [0.1, 0.15) is 29.5 Å². The Morgan fingerprint density at radius 2 is 2.39 bits per heavy atom. The maximum absolute atomic E-state index is 12.0. The van der Waals surface area contributed by atoms with E-state index in [0.29, 0.717) is 17.9 Å². The molecule has 7 nitrogen and oxygen atoms in total. The van der Waals surface area contributed by atoms with Gasteiger partial charge in [0, 0.05) is 25.0 Å². The van der Waals surface area contributed by atoms with Gasteiger partial charge in [-0.1, -0.05) is 6.92 Å². The molecule has 0 spiro atoms. The average molecular weight is 248 g/mol. The fourth-order valence-corrected chi connectivity index (χ4v) is 1.68. The molecule has 2 heterocycles. The predicted molar refractivity (Wildman–Crippen MR) is 64.9 cm³/mol. The molecule has 1 atom stereocenters. The molecule has 2 rings (SSSR count). The molecule has 2 N–H and O–H groups in total. The third-order valence-electron chi connectivity index (χ3n) is 2.76. The Kier molecular flexibility index (Phi) is 3.71. The summed E-state index contributed by atoms with van der Waals surface area (Å²) in [6, 6.07) is 0.0443. The predicted octanol–water partition coefficient (Wildman–Crippen LogP) is 0.518. The second-order valence-corrected chi connectivity index (χ2v) is 4.10. The minimum Gasteiger partial charge on any atom is -0.346 e. The van der Waals surface area contributed by atoms with Crippen molar-refractivity contribution in [3.63, 3.8) is 0 Å². The molecule has 0 radical (unpaired) electrons. The number of imidazole rings is 1. The second-order valence-electron chi connectivity index (χ2n) is 4.10. The van der Waals surface area contributed by atoms with E-state index in [1.807, 2.05) is 17.7 Å². The van der Waals surface area contributed by atoms with Crippen molar-refractivity contribution in [2.75, 3.05) is 0 Å². The summed E-state index contributed by atoms with van der Waals surface area (Å²) in [5.41, 5.74) is 0.948. The molecule has 2 aromatic heterocycles. The number of nitrogens with zero attached hydrogens (tertiary/aromatic N) is 4. The molecule has 0 aliphatic rings. The Bertz CT molecular complexity index is 503. The van der Waals surface area contributed by atoms with E-state index in [0.717, 1.165) is 6.42 Å². The highest BCUT2D eigenvalue weighted by Crippen LogP contribution is 2.02. The number of H-pyrrole nitrogens is 1. The molecule has 0 saturated carbocycles.